The van der Waals surface area contributed by atoms with Gasteiger partial charge >= 0.3 is 0 Å². The number of pyridine rings is 3. The molecule has 0 N–H and O–H groups in total. The molecule has 0 atom stereocenters. The Hall–Kier alpha value is -5.35. The van der Waals surface area contributed by atoms with E-state index in [0.717, 1.165) is 71.9 Å². The van der Waals surface area contributed by atoms with Crippen LogP contribution in [0, 0.1) is 13.8 Å². The average Bonchev–Trinajstić information content (AvgIpc) is 3.04. The Morgan fingerprint density at radius 2 is 1.17 bits per heavy atom. The van der Waals surface area contributed by atoms with Gasteiger partial charge in [-0.1, -0.05) is 24.3 Å². The number of anilines is 5. The van der Waals surface area contributed by atoms with Crippen LogP contribution < -0.4 is 14.7 Å². The summed E-state index contributed by atoms with van der Waals surface area (Å²) in [6.45, 7) is 4.04. The molecular formula is C36H33N9S. The Bertz CT molecular complexity index is 2150. The highest BCUT2D eigenvalue weighted by Gasteiger charge is 2.20. The summed E-state index contributed by atoms with van der Waals surface area (Å²) in [5.41, 5.74) is 8.70. The van der Waals surface area contributed by atoms with Crippen LogP contribution in [0.3, 0.4) is 0 Å². The molecule has 4 aromatic heterocycles. The molecule has 10 heteroatoms. The second kappa shape index (κ2) is 11.9. The summed E-state index contributed by atoms with van der Waals surface area (Å²) in [5.74, 6) is 0.495. The predicted molar refractivity (Wildman–Crippen MR) is 189 cm³/mol. The zero-order chi connectivity index (χ0) is 31.9. The van der Waals surface area contributed by atoms with E-state index in [-0.39, 0.29) is 0 Å². The van der Waals surface area contributed by atoms with Gasteiger partial charge in [0.2, 0.25) is 5.95 Å². The fraction of sp³-hybridized carbons (Fsp3) is 0.167. The molecule has 0 unspecified atom stereocenters. The maximum absolute atomic E-state index is 4.98. The van der Waals surface area contributed by atoms with Crippen molar-refractivity contribution in [1.29, 1.82) is 0 Å². The Labute approximate surface area is 272 Å². The second-order valence-corrected chi connectivity index (χ2v) is 12.6. The van der Waals surface area contributed by atoms with Gasteiger partial charge in [-0.2, -0.15) is 4.98 Å². The van der Waals surface area contributed by atoms with Gasteiger partial charge in [0, 0.05) is 78.5 Å². The third kappa shape index (κ3) is 5.63. The van der Waals surface area contributed by atoms with Crippen molar-refractivity contribution < 1.29 is 0 Å². The summed E-state index contributed by atoms with van der Waals surface area (Å²) in [6, 6.07) is 28.9. The molecule has 0 bridgehead atoms. The highest BCUT2D eigenvalue weighted by molar-refractivity contribution is 7.99. The molecule has 4 heterocycles. The van der Waals surface area contributed by atoms with Crippen molar-refractivity contribution in [3.05, 3.63) is 103 Å². The molecule has 0 aliphatic rings. The smallest absolute Gasteiger partial charge is 0.238 e. The summed E-state index contributed by atoms with van der Waals surface area (Å²) < 4.78 is 0. The second-order valence-electron chi connectivity index (χ2n) is 11.6. The number of para-hydroxylation sites is 1. The summed E-state index contributed by atoms with van der Waals surface area (Å²) >= 11 is 1.41. The topological polar surface area (TPSA) is 87.1 Å². The lowest BCUT2D eigenvalue weighted by atomic mass is 10.1. The number of rotatable bonds is 7. The lowest BCUT2D eigenvalue weighted by Crippen LogP contribution is -2.15. The van der Waals surface area contributed by atoms with Gasteiger partial charge in [0.15, 0.2) is 5.16 Å². The molecule has 7 rings (SSSR count). The molecule has 7 aromatic rings. The van der Waals surface area contributed by atoms with Crippen LogP contribution in [0.4, 0.5) is 28.7 Å². The van der Waals surface area contributed by atoms with Crippen molar-refractivity contribution >= 4 is 73.2 Å². The fourth-order valence-corrected chi connectivity index (χ4v) is 6.37. The van der Waals surface area contributed by atoms with E-state index in [1.165, 1.54) is 11.8 Å². The van der Waals surface area contributed by atoms with E-state index in [1.807, 2.05) is 38.1 Å². The van der Waals surface area contributed by atoms with Crippen molar-refractivity contribution in [2.24, 2.45) is 0 Å². The average molecular weight is 624 g/mol. The number of hydrogen-bond acceptors (Lipinski definition) is 10. The van der Waals surface area contributed by atoms with E-state index >= 15 is 0 Å². The highest BCUT2D eigenvalue weighted by atomic mass is 32.2. The first kappa shape index (κ1) is 29.4. The van der Waals surface area contributed by atoms with Gasteiger partial charge < -0.3 is 9.80 Å². The molecule has 0 aliphatic carbocycles. The van der Waals surface area contributed by atoms with E-state index in [9.17, 15) is 0 Å². The zero-order valence-corrected chi connectivity index (χ0v) is 27.4. The molecule has 0 fully saturated rings. The molecule has 0 saturated carbocycles. The molecule has 0 amide bonds. The quantitative estimate of drug-likeness (QED) is 0.175. The van der Waals surface area contributed by atoms with E-state index in [0.29, 0.717) is 11.1 Å². The summed E-state index contributed by atoms with van der Waals surface area (Å²) in [7, 11) is 8.21. The van der Waals surface area contributed by atoms with Crippen molar-refractivity contribution in [2.75, 3.05) is 42.9 Å². The van der Waals surface area contributed by atoms with Crippen molar-refractivity contribution in [3.63, 3.8) is 0 Å². The molecule has 0 saturated heterocycles. The van der Waals surface area contributed by atoms with Gasteiger partial charge in [-0.05, 0) is 86.3 Å². The van der Waals surface area contributed by atoms with Crippen LogP contribution in [0.1, 0.15) is 11.4 Å². The molecule has 3 aromatic carbocycles. The molecule has 9 nitrogen and oxygen atoms in total. The number of benzene rings is 3. The first-order chi connectivity index (χ1) is 22.2. The maximum Gasteiger partial charge on any atom is 0.238 e. The van der Waals surface area contributed by atoms with Gasteiger partial charge in [-0.25, -0.2) is 15.0 Å². The van der Waals surface area contributed by atoms with E-state index in [4.69, 9.17) is 24.9 Å². The molecular weight excluding hydrogens is 591 g/mol. The van der Waals surface area contributed by atoms with E-state index in [2.05, 4.69) is 109 Å². The van der Waals surface area contributed by atoms with Gasteiger partial charge in [0.25, 0.3) is 0 Å². The van der Waals surface area contributed by atoms with Crippen LogP contribution in [0.2, 0.25) is 0 Å². The van der Waals surface area contributed by atoms with Crippen LogP contribution >= 0.6 is 11.8 Å². The molecule has 0 aliphatic heterocycles. The first-order valence-electron chi connectivity index (χ1n) is 14.9. The van der Waals surface area contributed by atoms with E-state index in [1.54, 1.807) is 6.33 Å². The number of aromatic nitrogens is 6. The normalized spacial score (nSPS) is 11.3. The van der Waals surface area contributed by atoms with Crippen LogP contribution in [-0.2, 0) is 0 Å². The highest BCUT2D eigenvalue weighted by Crippen LogP contribution is 2.39. The van der Waals surface area contributed by atoms with Crippen LogP contribution in [-0.4, -0.2) is 58.1 Å². The SMILES string of the molecule is Cc1cc(N(C)C)c2cc(N(c3ccc4nc(C)cc(N(C)C)c4c3)c3ncnc(Sc4ccc5ccccc5n4)n3)ccc2n1. The lowest BCUT2D eigenvalue weighted by Gasteiger charge is -2.25. The standard InChI is InChI=1S/C36H33N9S/c1-22-17-32(43(3)4)27-19-25(12-14-30(27)39-22)45(26-13-15-31-28(20-26)33(44(5)6)18-23(2)40-31)35-37-21-38-36(42-35)46-34-16-11-24-9-7-8-10-29(24)41-34/h7-21H,1-6H3. The van der Waals surface area contributed by atoms with Gasteiger partial charge in [0.05, 0.1) is 16.6 Å². The minimum Gasteiger partial charge on any atom is -0.377 e. The van der Waals surface area contributed by atoms with Gasteiger partial charge in [-0.3, -0.25) is 14.9 Å². The van der Waals surface area contributed by atoms with Gasteiger partial charge in [-0.15, -0.1) is 0 Å². The van der Waals surface area contributed by atoms with Crippen LogP contribution in [0.25, 0.3) is 32.7 Å². The largest absolute Gasteiger partial charge is 0.377 e. The third-order valence-electron chi connectivity index (χ3n) is 7.78. The first-order valence-corrected chi connectivity index (χ1v) is 15.8. The predicted octanol–water partition coefficient (Wildman–Crippen LogP) is 7.89. The van der Waals surface area contributed by atoms with Gasteiger partial charge in [0.1, 0.15) is 11.4 Å². The zero-order valence-electron chi connectivity index (χ0n) is 26.6. The lowest BCUT2D eigenvalue weighted by molar-refractivity contribution is 0.887. The number of aryl methyl sites for hydroxylation is 2. The monoisotopic (exact) mass is 623 g/mol. The molecule has 0 radical (unpaired) electrons. The summed E-state index contributed by atoms with van der Waals surface area (Å²) in [6.07, 6.45) is 1.56. The molecule has 228 valence electrons. The maximum atomic E-state index is 4.98. The Morgan fingerprint density at radius 1 is 0.565 bits per heavy atom. The van der Waals surface area contributed by atoms with Crippen molar-refractivity contribution in [3.8, 4) is 0 Å². The minimum atomic E-state index is 0.495. The summed E-state index contributed by atoms with van der Waals surface area (Å²) in [4.78, 5) is 35.0. The fourth-order valence-electron chi connectivity index (χ4n) is 5.68. The van der Waals surface area contributed by atoms with Crippen LogP contribution in [0.5, 0.6) is 0 Å². The van der Waals surface area contributed by atoms with Crippen LogP contribution in [0.15, 0.2) is 101 Å². The number of nitrogens with zero attached hydrogens (tertiary/aromatic N) is 9. The molecule has 46 heavy (non-hydrogen) atoms. The van der Waals surface area contributed by atoms with E-state index < -0.39 is 0 Å². The Morgan fingerprint density at radius 3 is 1.78 bits per heavy atom. The molecule has 0 spiro atoms. The van der Waals surface area contributed by atoms with Crippen molar-refractivity contribution in [2.45, 2.75) is 24.0 Å². The number of fused-ring (bicyclic) bond motifs is 3. The number of hydrogen-bond donors (Lipinski definition) is 0. The third-order valence-corrected chi connectivity index (χ3v) is 8.60. The summed E-state index contributed by atoms with van der Waals surface area (Å²) in [5, 5.41) is 4.53. The minimum absolute atomic E-state index is 0.495. The Balaban J connectivity index is 1.40. The van der Waals surface area contributed by atoms with Crippen molar-refractivity contribution in [1.82, 2.24) is 29.9 Å². The Kier molecular flexibility index (Phi) is 7.58.